The molecule has 0 bridgehead atoms. The molecule has 0 saturated carbocycles. The quantitative estimate of drug-likeness (QED) is 0.168. The summed E-state index contributed by atoms with van der Waals surface area (Å²) in [5, 5.41) is 5.99. The first-order chi connectivity index (χ1) is 31.7. The molecule has 298 valence electrons. The molecule has 9 aromatic carbocycles. The van der Waals surface area contributed by atoms with E-state index >= 15 is 0 Å². The van der Waals surface area contributed by atoms with Crippen LogP contribution in [0.4, 0.5) is 0 Å². The Bertz CT molecular complexity index is 3720. The zero-order valence-electron chi connectivity index (χ0n) is 34.7. The minimum Gasteiger partial charge on any atom is -0.277 e. The van der Waals surface area contributed by atoms with Gasteiger partial charge in [0, 0.05) is 28.4 Å². The Kier molecular flexibility index (Phi) is 8.09. The fraction of sp³-hybridized carbons (Fsp3) is 0.0167. The molecular weight excluding hydrogens is 777 g/mol. The third kappa shape index (κ3) is 5.46. The number of hydrogen-bond donors (Lipinski definition) is 0. The number of imidazole rings is 1. The number of pyridine rings is 2. The van der Waals surface area contributed by atoms with Gasteiger partial charge < -0.3 is 0 Å². The summed E-state index contributed by atoms with van der Waals surface area (Å²) in [6.07, 6.45) is 1.83. The zero-order chi connectivity index (χ0) is 42.2. The van der Waals surface area contributed by atoms with Crippen molar-refractivity contribution in [3.05, 3.63) is 253 Å². The fourth-order valence-corrected chi connectivity index (χ4v) is 10.4. The fourth-order valence-electron chi connectivity index (χ4n) is 10.4. The molecule has 0 spiro atoms. The summed E-state index contributed by atoms with van der Waals surface area (Å²) < 4.78 is 2.14. The number of fused-ring (bicyclic) bond motifs is 8. The summed E-state index contributed by atoms with van der Waals surface area (Å²) in [5.74, 6) is 0.858. The highest BCUT2D eigenvalue weighted by Crippen LogP contribution is 2.59. The molecule has 0 N–H and O–H groups in total. The first-order valence-corrected chi connectivity index (χ1v) is 21.8. The van der Waals surface area contributed by atoms with Crippen LogP contribution < -0.4 is 0 Å². The average molecular weight is 815 g/mol. The van der Waals surface area contributed by atoms with E-state index in [2.05, 4.69) is 199 Å². The SMILES string of the molecule is c1ccc(-n2c(-c3ccc(-c4ccc5cc6c(nc5c4)-c4c(cc(-c5ccc7ccccc7c5)c5ccccc45)C6(c4ccccc4)c4ccccc4)cc3)nc3cccnc32)cc1. The normalized spacial score (nSPS) is 12.8. The van der Waals surface area contributed by atoms with Gasteiger partial charge in [-0.15, -0.1) is 0 Å². The third-order valence-corrected chi connectivity index (χ3v) is 13.3. The van der Waals surface area contributed by atoms with Crippen molar-refractivity contribution in [2.45, 2.75) is 5.41 Å². The van der Waals surface area contributed by atoms with Crippen LogP contribution >= 0.6 is 0 Å². The molecule has 4 heteroatoms. The van der Waals surface area contributed by atoms with E-state index in [1.807, 2.05) is 36.5 Å². The maximum Gasteiger partial charge on any atom is 0.164 e. The number of nitrogens with zero attached hydrogens (tertiary/aromatic N) is 4. The van der Waals surface area contributed by atoms with E-state index in [9.17, 15) is 0 Å². The first-order valence-electron chi connectivity index (χ1n) is 21.8. The van der Waals surface area contributed by atoms with Gasteiger partial charge >= 0.3 is 0 Å². The van der Waals surface area contributed by atoms with E-state index in [4.69, 9.17) is 15.0 Å². The van der Waals surface area contributed by atoms with Crippen molar-refractivity contribution in [2.75, 3.05) is 0 Å². The topological polar surface area (TPSA) is 43.6 Å². The molecule has 4 nitrogen and oxygen atoms in total. The van der Waals surface area contributed by atoms with Gasteiger partial charge in [0.1, 0.15) is 11.3 Å². The highest BCUT2D eigenvalue weighted by atomic mass is 15.1. The third-order valence-electron chi connectivity index (χ3n) is 13.3. The molecule has 64 heavy (non-hydrogen) atoms. The molecule has 0 aliphatic heterocycles. The summed E-state index contributed by atoms with van der Waals surface area (Å²) in [6, 6.07) is 81.1. The molecule has 0 amide bonds. The lowest BCUT2D eigenvalue weighted by molar-refractivity contribution is 0.769. The zero-order valence-corrected chi connectivity index (χ0v) is 34.7. The summed E-state index contributed by atoms with van der Waals surface area (Å²) in [7, 11) is 0. The molecular formula is C60H38N4. The Morgan fingerprint density at radius 1 is 0.391 bits per heavy atom. The smallest absolute Gasteiger partial charge is 0.164 e. The Balaban J connectivity index is 1.01. The van der Waals surface area contributed by atoms with Crippen LogP contribution in [0.2, 0.25) is 0 Å². The highest BCUT2D eigenvalue weighted by molar-refractivity contribution is 6.11. The lowest BCUT2D eigenvalue weighted by Gasteiger charge is -2.34. The van der Waals surface area contributed by atoms with Crippen molar-refractivity contribution in [1.29, 1.82) is 0 Å². The van der Waals surface area contributed by atoms with E-state index in [0.29, 0.717) is 0 Å². The summed E-state index contributed by atoms with van der Waals surface area (Å²) in [5.41, 5.74) is 15.8. The van der Waals surface area contributed by atoms with E-state index in [1.54, 1.807) is 0 Å². The lowest BCUT2D eigenvalue weighted by atomic mass is 9.67. The molecule has 3 heterocycles. The summed E-state index contributed by atoms with van der Waals surface area (Å²) in [6.45, 7) is 0. The summed E-state index contributed by atoms with van der Waals surface area (Å²) in [4.78, 5) is 15.5. The minimum absolute atomic E-state index is 0.621. The molecule has 12 aromatic rings. The van der Waals surface area contributed by atoms with E-state index < -0.39 is 5.41 Å². The van der Waals surface area contributed by atoms with Gasteiger partial charge in [-0.05, 0) is 115 Å². The standard InChI is InChI=1S/C60H38N4/c1-4-17-46(18-5-1)60(47-19-6-2-7-20-47)52-38-51(44-32-28-39-15-10-11-16-42(39)35-44)49-23-12-13-24-50(49)56(52)57-53(60)36-45-33-31-43(37-55(45)62-57)40-26-29-41(30-27-40)58-63-54-25-14-34-61-59(54)64(58)48-21-8-3-9-22-48/h1-38H. The van der Waals surface area contributed by atoms with Crippen molar-refractivity contribution < 1.29 is 0 Å². The van der Waals surface area contributed by atoms with Crippen LogP contribution in [-0.4, -0.2) is 19.5 Å². The van der Waals surface area contributed by atoms with Crippen LogP contribution in [-0.2, 0) is 5.41 Å². The Morgan fingerprint density at radius 3 is 1.78 bits per heavy atom. The van der Waals surface area contributed by atoms with Gasteiger partial charge in [0.05, 0.1) is 16.6 Å². The predicted octanol–water partition coefficient (Wildman–Crippen LogP) is 14.6. The minimum atomic E-state index is -0.621. The van der Waals surface area contributed by atoms with Gasteiger partial charge in [0.2, 0.25) is 0 Å². The van der Waals surface area contributed by atoms with Gasteiger partial charge in [-0.25, -0.2) is 15.0 Å². The Hall–Kier alpha value is -8.47. The van der Waals surface area contributed by atoms with Crippen LogP contribution in [0, 0.1) is 0 Å². The number of hydrogen-bond acceptors (Lipinski definition) is 3. The van der Waals surface area contributed by atoms with Crippen molar-refractivity contribution in [3.63, 3.8) is 0 Å². The van der Waals surface area contributed by atoms with Crippen LogP contribution in [0.25, 0.3) is 94.2 Å². The van der Waals surface area contributed by atoms with Gasteiger partial charge in [0.25, 0.3) is 0 Å². The Morgan fingerprint density at radius 2 is 1.02 bits per heavy atom. The van der Waals surface area contributed by atoms with Crippen molar-refractivity contribution in [2.24, 2.45) is 0 Å². The molecule has 0 radical (unpaired) electrons. The van der Waals surface area contributed by atoms with Gasteiger partial charge in [-0.2, -0.15) is 0 Å². The van der Waals surface area contributed by atoms with Gasteiger partial charge in [-0.3, -0.25) is 4.57 Å². The molecule has 1 aliphatic carbocycles. The highest BCUT2D eigenvalue weighted by Gasteiger charge is 2.48. The van der Waals surface area contributed by atoms with E-state index in [-0.39, 0.29) is 0 Å². The number of benzene rings is 9. The molecule has 0 saturated heterocycles. The van der Waals surface area contributed by atoms with Crippen LogP contribution in [0.1, 0.15) is 22.3 Å². The maximum absolute atomic E-state index is 5.74. The molecule has 0 atom stereocenters. The van der Waals surface area contributed by atoms with Gasteiger partial charge in [-0.1, -0.05) is 176 Å². The lowest BCUT2D eigenvalue weighted by Crippen LogP contribution is -2.28. The summed E-state index contributed by atoms with van der Waals surface area (Å²) >= 11 is 0. The number of rotatable bonds is 6. The molecule has 1 aliphatic rings. The average Bonchev–Trinajstić information content (AvgIpc) is 3.90. The van der Waals surface area contributed by atoms with E-state index in [0.717, 1.165) is 56.0 Å². The van der Waals surface area contributed by atoms with Crippen LogP contribution in [0.15, 0.2) is 231 Å². The van der Waals surface area contributed by atoms with Crippen molar-refractivity contribution >= 4 is 43.6 Å². The second kappa shape index (κ2) is 14.3. The number of aromatic nitrogens is 4. The van der Waals surface area contributed by atoms with Crippen molar-refractivity contribution in [3.8, 4) is 50.6 Å². The van der Waals surface area contributed by atoms with Gasteiger partial charge in [0.15, 0.2) is 5.65 Å². The van der Waals surface area contributed by atoms with Crippen LogP contribution in [0.3, 0.4) is 0 Å². The molecule has 0 fully saturated rings. The Labute approximate surface area is 370 Å². The molecule has 3 aromatic heterocycles. The monoisotopic (exact) mass is 814 g/mol. The van der Waals surface area contributed by atoms with E-state index in [1.165, 1.54) is 60.5 Å². The predicted molar refractivity (Wildman–Crippen MR) is 263 cm³/mol. The second-order valence-corrected chi connectivity index (χ2v) is 16.8. The molecule has 0 unspecified atom stereocenters. The maximum atomic E-state index is 5.74. The first kappa shape index (κ1) is 36.2. The largest absolute Gasteiger partial charge is 0.277 e. The van der Waals surface area contributed by atoms with Crippen molar-refractivity contribution in [1.82, 2.24) is 19.5 Å². The van der Waals surface area contributed by atoms with Crippen LogP contribution in [0.5, 0.6) is 0 Å². The second-order valence-electron chi connectivity index (χ2n) is 16.8. The molecule has 13 rings (SSSR count). The number of para-hydroxylation sites is 1.